The summed E-state index contributed by atoms with van der Waals surface area (Å²) in [6.45, 7) is 0.170. The van der Waals surface area contributed by atoms with Gasteiger partial charge >= 0.3 is 29.6 Å². The number of hydrogen-bond acceptors (Lipinski definition) is 2. The van der Waals surface area contributed by atoms with Crippen molar-refractivity contribution >= 4 is 11.3 Å². The molecule has 1 nitrogen and oxygen atoms in total. The van der Waals surface area contributed by atoms with E-state index in [2.05, 4.69) is 0 Å². The summed E-state index contributed by atoms with van der Waals surface area (Å²) in [5.74, 6) is 0. The van der Waals surface area contributed by atoms with Crippen LogP contribution in [0.2, 0.25) is 0 Å². The molecule has 1 aromatic rings. The van der Waals surface area contributed by atoms with Gasteiger partial charge < -0.3 is 6.53 Å². The van der Waals surface area contributed by atoms with Crippen LogP contribution in [0.5, 0.6) is 0 Å². The minimum atomic E-state index is 0. The van der Waals surface area contributed by atoms with Gasteiger partial charge in [0.15, 0.2) is 0 Å². The maximum Gasteiger partial charge on any atom is 1.00 e. The van der Waals surface area contributed by atoms with Gasteiger partial charge in [0.05, 0.1) is 6.61 Å². The first kappa shape index (κ1) is 8.66. The van der Waals surface area contributed by atoms with Crippen LogP contribution < -0.4 is 29.6 Å². The number of hydrogen-bond donors (Lipinski definition) is 1. The van der Waals surface area contributed by atoms with Gasteiger partial charge in [0.1, 0.15) is 0 Å². The molecule has 3 heteroatoms. The molecule has 0 atom stereocenters. The van der Waals surface area contributed by atoms with Gasteiger partial charge in [-0.2, -0.15) is 11.3 Å². The predicted molar refractivity (Wildman–Crippen MR) is 31.4 cm³/mol. The summed E-state index contributed by atoms with van der Waals surface area (Å²) in [6, 6.07) is 1.91. The van der Waals surface area contributed by atoms with Gasteiger partial charge in [-0.1, -0.05) is 0 Å². The van der Waals surface area contributed by atoms with E-state index in [0.29, 0.717) is 0 Å². The second kappa shape index (κ2) is 4.53. The Kier molecular flexibility index (Phi) is 4.90. The third-order valence-corrected chi connectivity index (χ3v) is 1.49. The zero-order chi connectivity index (χ0) is 5.11. The Morgan fingerprint density at radius 2 is 2.50 bits per heavy atom. The van der Waals surface area contributed by atoms with Crippen LogP contribution in [-0.4, -0.2) is 5.11 Å². The van der Waals surface area contributed by atoms with Gasteiger partial charge in [-0.05, 0) is 22.4 Å². The molecule has 0 aliphatic heterocycles. The van der Waals surface area contributed by atoms with Crippen molar-refractivity contribution in [1.29, 1.82) is 0 Å². The van der Waals surface area contributed by atoms with Gasteiger partial charge in [-0.15, -0.1) is 0 Å². The van der Waals surface area contributed by atoms with Crippen molar-refractivity contribution in [2.24, 2.45) is 0 Å². The fraction of sp³-hybridized carbons (Fsp3) is 0.200. The maximum atomic E-state index is 8.43. The first-order chi connectivity index (χ1) is 3.43. The Labute approximate surface area is 76.1 Å². The number of aliphatic hydroxyl groups excluding tert-OH is 1. The maximum absolute atomic E-state index is 8.43. The van der Waals surface area contributed by atoms with Crippen molar-refractivity contribution in [1.82, 2.24) is 0 Å². The van der Waals surface area contributed by atoms with E-state index in [-0.39, 0.29) is 37.6 Å². The van der Waals surface area contributed by atoms with E-state index in [1.165, 1.54) is 0 Å². The molecule has 0 fully saturated rings. The molecular weight excluding hydrogens is 131 g/mol. The Balaban J connectivity index is 0. The third-order valence-electron chi connectivity index (χ3n) is 0.763. The standard InChI is InChI=1S/C5H6OS.Na.H/c6-3-5-1-2-7-4-5;;/h1-2,4,6H,3H2;;/q;+1;-1. The smallest absolute Gasteiger partial charge is 1.00 e. The van der Waals surface area contributed by atoms with Crippen molar-refractivity contribution in [3.8, 4) is 0 Å². The van der Waals surface area contributed by atoms with Gasteiger partial charge in [-0.3, -0.25) is 0 Å². The molecule has 0 aliphatic carbocycles. The minimum Gasteiger partial charge on any atom is -1.00 e. The summed E-state index contributed by atoms with van der Waals surface area (Å²) < 4.78 is 0. The normalized spacial score (nSPS) is 8.12. The van der Waals surface area contributed by atoms with E-state index in [4.69, 9.17) is 5.11 Å². The fourth-order valence-electron chi connectivity index (χ4n) is 0.383. The van der Waals surface area contributed by atoms with E-state index in [1.54, 1.807) is 11.3 Å². The molecule has 1 N–H and O–H groups in total. The van der Waals surface area contributed by atoms with E-state index in [9.17, 15) is 0 Å². The van der Waals surface area contributed by atoms with E-state index in [0.717, 1.165) is 5.56 Å². The van der Waals surface area contributed by atoms with Crippen LogP contribution in [0, 0.1) is 0 Å². The number of thiophene rings is 1. The summed E-state index contributed by atoms with van der Waals surface area (Å²) >= 11 is 1.60. The summed E-state index contributed by atoms with van der Waals surface area (Å²) in [6.07, 6.45) is 0. The van der Waals surface area contributed by atoms with E-state index < -0.39 is 0 Å². The Bertz CT molecular complexity index is 132. The van der Waals surface area contributed by atoms with Crippen LogP contribution in [0.1, 0.15) is 6.99 Å². The first-order valence-corrected chi connectivity index (χ1v) is 2.99. The van der Waals surface area contributed by atoms with Crippen LogP contribution in [0.3, 0.4) is 0 Å². The Morgan fingerprint density at radius 3 is 2.75 bits per heavy atom. The molecule has 40 valence electrons. The summed E-state index contributed by atoms with van der Waals surface area (Å²) in [5.41, 5.74) is 1.00. The van der Waals surface area contributed by atoms with Gasteiger partial charge in [-0.25, -0.2) is 0 Å². The molecule has 0 aromatic carbocycles. The van der Waals surface area contributed by atoms with E-state index >= 15 is 0 Å². The Hall–Kier alpha value is 0.660. The molecule has 0 aliphatic rings. The van der Waals surface area contributed by atoms with Crippen LogP contribution in [0.25, 0.3) is 0 Å². The summed E-state index contributed by atoms with van der Waals surface area (Å²) in [5, 5.41) is 12.3. The molecular formula is C5H7NaOS. The van der Waals surface area contributed by atoms with Gasteiger partial charge in [0, 0.05) is 0 Å². The van der Waals surface area contributed by atoms with Crippen molar-refractivity contribution in [3.05, 3.63) is 22.4 Å². The third kappa shape index (κ3) is 2.29. The quantitative estimate of drug-likeness (QED) is 0.461. The van der Waals surface area contributed by atoms with Crippen LogP contribution in [0.4, 0.5) is 0 Å². The van der Waals surface area contributed by atoms with Crippen molar-refractivity contribution in [3.63, 3.8) is 0 Å². The Morgan fingerprint density at radius 1 is 1.75 bits per heavy atom. The second-order valence-electron chi connectivity index (χ2n) is 1.29. The molecule has 0 bridgehead atoms. The fourth-order valence-corrected chi connectivity index (χ4v) is 1.04. The van der Waals surface area contributed by atoms with Gasteiger partial charge in [0.2, 0.25) is 0 Å². The van der Waals surface area contributed by atoms with E-state index in [1.807, 2.05) is 16.8 Å². The molecule has 1 aromatic heterocycles. The van der Waals surface area contributed by atoms with Gasteiger partial charge in [0.25, 0.3) is 0 Å². The van der Waals surface area contributed by atoms with Crippen LogP contribution in [-0.2, 0) is 6.61 Å². The SMILES string of the molecule is OCc1ccsc1.[H-].[Na+]. The van der Waals surface area contributed by atoms with Crippen LogP contribution >= 0.6 is 11.3 Å². The predicted octanol–water partition coefficient (Wildman–Crippen LogP) is -1.64. The minimum absolute atomic E-state index is 0. The molecule has 0 saturated carbocycles. The molecule has 0 amide bonds. The molecule has 0 spiro atoms. The molecule has 1 rings (SSSR count). The van der Waals surface area contributed by atoms with Crippen molar-refractivity contribution < 1.29 is 36.1 Å². The molecule has 1 heterocycles. The first-order valence-electron chi connectivity index (χ1n) is 2.05. The summed E-state index contributed by atoms with van der Waals surface area (Å²) in [7, 11) is 0. The average Bonchev–Trinajstić information content (AvgIpc) is 2.14. The topological polar surface area (TPSA) is 20.2 Å². The van der Waals surface area contributed by atoms with Crippen molar-refractivity contribution in [2.75, 3.05) is 0 Å². The number of rotatable bonds is 1. The second-order valence-corrected chi connectivity index (χ2v) is 2.07. The van der Waals surface area contributed by atoms with Crippen molar-refractivity contribution in [2.45, 2.75) is 6.61 Å². The van der Waals surface area contributed by atoms with Crippen LogP contribution in [0.15, 0.2) is 16.8 Å². The zero-order valence-corrected chi connectivity index (χ0v) is 7.61. The summed E-state index contributed by atoms with van der Waals surface area (Å²) in [4.78, 5) is 0. The molecule has 0 unspecified atom stereocenters. The molecule has 8 heavy (non-hydrogen) atoms. The zero-order valence-electron chi connectivity index (χ0n) is 5.79. The largest absolute Gasteiger partial charge is 1.00 e. The average molecular weight is 138 g/mol. The monoisotopic (exact) mass is 138 g/mol. The molecule has 0 radical (unpaired) electrons. The number of aliphatic hydroxyl groups is 1. The molecule has 0 saturated heterocycles.